The predicted octanol–water partition coefficient (Wildman–Crippen LogP) is 1.80. The van der Waals surface area contributed by atoms with E-state index in [1.165, 1.54) is 0 Å². The number of hydrogen-bond donors (Lipinski definition) is 2. The third-order valence-corrected chi connectivity index (χ3v) is 2.85. The topological polar surface area (TPSA) is 56.0 Å². The second-order valence-electron chi connectivity index (χ2n) is 4.08. The van der Waals surface area contributed by atoms with E-state index in [0.29, 0.717) is 11.6 Å². The first-order valence-corrected chi connectivity index (χ1v) is 5.15. The Morgan fingerprint density at radius 3 is 2.80 bits per heavy atom. The lowest BCUT2D eigenvalue weighted by atomic mass is 9.89. The molecule has 0 aliphatic heterocycles. The van der Waals surface area contributed by atoms with Crippen LogP contribution in [-0.4, -0.2) is 17.3 Å². The summed E-state index contributed by atoms with van der Waals surface area (Å²) in [6.45, 7) is 1.98. The number of benzene rings is 1. The number of rotatable bonds is 2. The van der Waals surface area contributed by atoms with Gasteiger partial charge in [0.25, 0.3) is 0 Å². The second kappa shape index (κ2) is 3.92. The van der Waals surface area contributed by atoms with Crippen LogP contribution in [0.2, 0.25) is 0 Å². The van der Waals surface area contributed by atoms with Gasteiger partial charge < -0.3 is 10.4 Å². The SMILES string of the molecule is Cc1cccc(C#N)c1NC1CC(O)C1. The molecule has 0 radical (unpaired) electrons. The third-order valence-electron chi connectivity index (χ3n) is 2.85. The fraction of sp³-hybridized carbons (Fsp3) is 0.417. The zero-order valence-electron chi connectivity index (χ0n) is 8.70. The summed E-state index contributed by atoms with van der Waals surface area (Å²) in [5.41, 5.74) is 2.67. The largest absolute Gasteiger partial charge is 0.393 e. The fourth-order valence-electron chi connectivity index (χ4n) is 1.86. The first kappa shape index (κ1) is 10.0. The van der Waals surface area contributed by atoms with Crippen LogP contribution >= 0.6 is 0 Å². The highest BCUT2D eigenvalue weighted by molar-refractivity contribution is 5.62. The number of hydrogen-bond acceptors (Lipinski definition) is 3. The molecule has 1 aromatic carbocycles. The van der Waals surface area contributed by atoms with Gasteiger partial charge in [0.1, 0.15) is 6.07 Å². The maximum absolute atomic E-state index is 9.19. The molecule has 3 nitrogen and oxygen atoms in total. The Bertz CT molecular complexity index is 403. The van der Waals surface area contributed by atoms with Gasteiger partial charge in [0, 0.05) is 6.04 Å². The lowest BCUT2D eigenvalue weighted by molar-refractivity contribution is 0.0836. The number of aliphatic hydroxyl groups excluding tert-OH is 1. The van der Waals surface area contributed by atoms with Crippen molar-refractivity contribution in [2.45, 2.75) is 31.9 Å². The van der Waals surface area contributed by atoms with Crippen LogP contribution in [0.25, 0.3) is 0 Å². The van der Waals surface area contributed by atoms with Crippen molar-refractivity contribution in [3.05, 3.63) is 29.3 Å². The molecule has 1 fully saturated rings. The molecule has 0 spiro atoms. The zero-order valence-corrected chi connectivity index (χ0v) is 8.70. The molecule has 3 heteroatoms. The summed E-state index contributed by atoms with van der Waals surface area (Å²) in [7, 11) is 0. The van der Waals surface area contributed by atoms with E-state index >= 15 is 0 Å². The van der Waals surface area contributed by atoms with Crippen molar-refractivity contribution in [1.82, 2.24) is 0 Å². The Hall–Kier alpha value is -1.53. The highest BCUT2D eigenvalue weighted by Gasteiger charge is 2.27. The van der Waals surface area contributed by atoms with E-state index in [2.05, 4.69) is 11.4 Å². The van der Waals surface area contributed by atoms with Crippen LogP contribution in [0, 0.1) is 18.3 Å². The summed E-state index contributed by atoms with van der Waals surface area (Å²) in [5, 5.41) is 21.5. The van der Waals surface area contributed by atoms with Crippen LogP contribution in [0.1, 0.15) is 24.0 Å². The van der Waals surface area contributed by atoms with Crippen LogP contribution < -0.4 is 5.32 Å². The van der Waals surface area contributed by atoms with Crippen molar-refractivity contribution in [2.75, 3.05) is 5.32 Å². The molecule has 1 saturated carbocycles. The second-order valence-corrected chi connectivity index (χ2v) is 4.08. The summed E-state index contributed by atoms with van der Waals surface area (Å²) in [5.74, 6) is 0. The van der Waals surface area contributed by atoms with Gasteiger partial charge in [-0.05, 0) is 31.4 Å². The highest BCUT2D eigenvalue weighted by atomic mass is 16.3. The molecule has 0 aromatic heterocycles. The molecule has 15 heavy (non-hydrogen) atoms. The molecule has 1 aliphatic carbocycles. The van der Waals surface area contributed by atoms with Gasteiger partial charge in [0.2, 0.25) is 0 Å². The Morgan fingerprint density at radius 1 is 1.47 bits per heavy atom. The van der Waals surface area contributed by atoms with Gasteiger partial charge in [-0.1, -0.05) is 12.1 Å². The molecule has 0 atom stereocenters. The molecule has 2 rings (SSSR count). The predicted molar refractivity (Wildman–Crippen MR) is 58.5 cm³/mol. The van der Waals surface area contributed by atoms with Crippen molar-refractivity contribution < 1.29 is 5.11 Å². The highest BCUT2D eigenvalue weighted by Crippen LogP contribution is 2.27. The Labute approximate surface area is 89.4 Å². The minimum Gasteiger partial charge on any atom is -0.393 e. The number of nitrogens with one attached hydrogen (secondary N) is 1. The van der Waals surface area contributed by atoms with Gasteiger partial charge >= 0.3 is 0 Å². The quantitative estimate of drug-likeness (QED) is 0.768. The molecule has 0 bridgehead atoms. The van der Waals surface area contributed by atoms with Crippen LogP contribution in [0.15, 0.2) is 18.2 Å². The Morgan fingerprint density at radius 2 is 2.20 bits per heavy atom. The van der Waals surface area contributed by atoms with Crippen molar-refractivity contribution >= 4 is 5.69 Å². The molecule has 2 N–H and O–H groups in total. The summed E-state index contributed by atoms with van der Waals surface area (Å²) >= 11 is 0. The first-order chi connectivity index (χ1) is 7.20. The molecular formula is C12H14N2O. The van der Waals surface area contributed by atoms with Crippen molar-refractivity contribution in [2.24, 2.45) is 0 Å². The van der Waals surface area contributed by atoms with Gasteiger partial charge in [-0.15, -0.1) is 0 Å². The molecule has 0 saturated heterocycles. The van der Waals surface area contributed by atoms with Crippen LogP contribution in [0.5, 0.6) is 0 Å². The lowest BCUT2D eigenvalue weighted by Gasteiger charge is -2.33. The number of para-hydroxylation sites is 1. The Kier molecular flexibility index (Phi) is 2.61. The van der Waals surface area contributed by atoms with Crippen LogP contribution in [0.4, 0.5) is 5.69 Å². The third kappa shape index (κ3) is 1.95. The first-order valence-electron chi connectivity index (χ1n) is 5.15. The number of anilines is 1. The van der Waals surface area contributed by atoms with E-state index in [4.69, 9.17) is 5.26 Å². The summed E-state index contributed by atoms with van der Waals surface area (Å²) in [6.07, 6.45) is 1.38. The van der Waals surface area contributed by atoms with E-state index in [9.17, 15) is 5.11 Å². The van der Waals surface area contributed by atoms with Gasteiger partial charge in [-0.3, -0.25) is 0 Å². The summed E-state index contributed by atoms with van der Waals surface area (Å²) < 4.78 is 0. The van der Waals surface area contributed by atoms with E-state index in [0.717, 1.165) is 24.1 Å². The summed E-state index contributed by atoms with van der Waals surface area (Å²) in [6, 6.07) is 8.17. The minimum absolute atomic E-state index is 0.169. The molecule has 1 aromatic rings. The normalized spacial score (nSPS) is 24.1. The van der Waals surface area contributed by atoms with E-state index < -0.39 is 0 Å². The van der Waals surface area contributed by atoms with Crippen molar-refractivity contribution in [3.8, 4) is 6.07 Å². The molecule has 1 aliphatic rings. The Balaban J connectivity index is 2.17. The fourth-order valence-corrected chi connectivity index (χ4v) is 1.86. The minimum atomic E-state index is -0.169. The number of aliphatic hydroxyl groups is 1. The standard InChI is InChI=1S/C12H14N2O/c1-8-3-2-4-9(7-13)12(8)14-10-5-11(15)6-10/h2-4,10-11,14-15H,5-6H2,1H3. The lowest BCUT2D eigenvalue weighted by Crippen LogP contribution is -2.39. The smallest absolute Gasteiger partial charge is 0.101 e. The van der Waals surface area contributed by atoms with Crippen molar-refractivity contribution in [3.63, 3.8) is 0 Å². The van der Waals surface area contributed by atoms with E-state index in [1.54, 1.807) is 0 Å². The average molecular weight is 202 g/mol. The monoisotopic (exact) mass is 202 g/mol. The number of nitriles is 1. The molecule has 0 unspecified atom stereocenters. The zero-order chi connectivity index (χ0) is 10.8. The van der Waals surface area contributed by atoms with Gasteiger partial charge in [0.15, 0.2) is 0 Å². The molecule has 0 heterocycles. The van der Waals surface area contributed by atoms with E-state index in [-0.39, 0.29) is 6.10 Å². The van der Waals surface area contributed by atoms with Crippen LogP contribution in [0.3, 0.4) is 0 Å². The van der Waals surface area contributed by atoms with Crippen LogP contribution in [-0.2, 0) is 0 Å². The molecular weight excluding hydrogens is 188 g/mol. The van der Waals surface area contributed by atoms with Gasteiger partial charge in [0.05, 0.1) is 17.4 Å². The van der Waals surface area contributed by atoms with E-state index in [1.807, 2.05) is 25.1 Å². The number of nitrogens with zero attached hydrogens (tertiary/aromatic N) is 1. The molecule has 0 amide bonds. The van der Waals surface area contributed by atoms with Gasteiger partial charge in [-0.2, -0.15) is 5.26 Å². The van der Waals surface area contributed by atoms with Gasteiger partial charge in [-0.25, -0.2) is 0 Å². The average Bonchev–Trinajstić information content (AvgIpc) is 2.18. The summed E-state index contributed by atoms with van der Waals surface area (Å²) in [4.78, 5) is 0. The molecule has 78 valence electrons. The maximum Gasteiger partial charge on any atom is 0.101 e. The number of aryl methyl sites for hydroxylation is 1. The maximum atomic E-state index is 9.19. The van der Waals surface area contributed by atoms with Crippen molar-refractivity contribution in [1.29, 1.82) is 5.26 Å².